The van der Waals surface area contributed by atoms with Gasteiger partial charge in [-0.05, 0) is 74.9 Å². The lowest BCUT2D eigenvalue weighted by molar-refractivity contribution is -0.127. The average Bonchev–Trinajstić information content (AvgIpc) is 2.38. The van der Waals surface area contributed by atoms with Gasteiger partial charge in [-0.3, -0.25) is 14.5 Å². The maximum atomic E-state index is 12.5. The summed E-state index contributed by atoms with van der Waals surface area (Å²) in [4.78, 5) is 26.5. The number of nitrogens with one attached hydrogen (secondary N) is 1. The van der Waals surface area contributed by atoms with Crippen LogP contribution in [0.4, 0.5) is 5.69 Å². The summed E-state index contributed by atoms with van der Waals surface area (Å²) in [5, 5.41) is 2.94. The minimum absolute atomic E-state index is 0.0571. The van der Waals surface area contributed by atoms with Crippen molar-refractivity contribution in [1.82, 2.24) is 5.32 Å². The molecule has 1 unspecified atom stereocenters. The van der Waals surface area contributed by atoms with Gasteiger partial charge < -0.3 is 5.32 Å². The zero-order chi connectivity index (χ0) is 17.1. The monoisotopic (exact) mass is 416 g/mol. The fourth-order valence-corrected chi connectivity index (χ4v) is 3.06. The largest absolute Gasteiger partial charge is 0.350 e. The van der Waals surface area contributed by atoms with E-state index >= 15 is 0 Å². The number of amides is 2. The highest BCUT2D eigenvalue weighted by Crippen LogP contribution is 2.26. The molecule has 1 N–H and O–H groups in total. The lowest BCUT2D eigenvalue weighted by Crippen LogP contribution is -2.53. The second kappa shape index (κ2) is 7.44. The van der Waals surface area contributed by atoms with Crippen molar-refractivity contribution < 1.29 is 9.59 Å². The highest BCUT2D eigenvalue weighted by atomic mass is 127. The first-order chi connectivity index (χ1) is 10.1. The van der Waals surface area contributed by atoms with E-state index in [1.165, 1.54) is 0 Å². The summed E-state index contributed by atoms with van der Waals surface area (Å²) in [5.74, 6) is -0.205. The number of nitrogens with zero attached hydrogens (tertiary/aromatic N) is 1. The fraction of sp³-hybridized carbons (Fsp3) is 0.529. The van der Waals surface area contributed by atoms with Gasteiger partial charge in [0.1, 0.15) is 6.04 Å². The van der Waals surface area contributed by atoms with Gasteiger partial charge >= 0.3 is 0 Å². The van der Waals surface area contributed by atoms with E-state index in [2.05, 4.69) is 27.9 Å². The molecule has 0 aliphatic rings. The Bertz CT molecular complexity index is 564. The van der Waals surface area contributed by atoms with Crippen molar-refractivity contribution in [2.24, 2.45) is 0 Å². The molecule has 1 aromatic rings. The minimum Gasteiger partial charge on any atom is -0.350 e. The minimum atomic E-state index is -0.553. The molecule has 0 saturated heterocycles. The molecule has 122 valence electrons. The first-order valence-corrected chi connectivity index (χ1v) is 8.55. The zero-order valence-corrected chi connectivity index (χ0v) is 16.3. The maximum absolute atomic E-state index is 12.5. The number of benzene rings is 1. The Morgan fingerprint density at radius 2 is 1.91 bits per heavy atom. The van der Waals surface area contributed by atoms with Crippen molar-refractivity contribution in [3.8, 4) is 0 Å². The maximum Gasteiger partial charge on any atom is 0.243 e. The highest BCUT2D eigenvalue weighted by molar-refractivity contribution is 14.1. The number of aryl methyl sites for hydroxylation is 1. The predicted molar refractivity (Wildman–Crippen MR) is 99.0 cm³/mol. The highest BCUT2D eigenvalue weighted by Gasteiger charge is 2.29. The van der Waals surface area contributed by atoms with Crippen LogP contribution in [0.2, 0.25) is 0 Å². The number of halogens is 1. The van der Waals surface area contributed by atoms with E-state index in [1.807, 2.05) is 52.8 Å². The van der Waals surface area contributed by atoms with Gasteiger partial charge in [0.25, 0.3) is 0 Å². The third kappa shape index (κ3) is 4.97. The van der Waals surface area contributed by atoms with E-state index in [-0.39, 0.29) is 17.4 Å². The lowest BCUT2D eigenvalue weighted by Gasteiger charge is -2.32. The van der Waals surface area contributed by atoms with Gasteiger partial charge in [-0.1, -0.05) is 13.0 Å². The SMILES string of the molecule is CCC(=O)N(c1ccc(C)cc1I)C(C)C(=O)NC(C)(C)C. The van der Waals surface area contributed by atoms with Gasteiger partial charge in [0, 0.05) is 15.5 Å². The molecule has 0 heterocycles. The molecule has 0 spiro atoms. The first kappa shape index (κ1) is 18.9. The summed E-state index contributed by atoms with van der Waals surface area (Å²) >= 11 is 2.21. The van der Waals surface area contributed by atoms with Crippen LogP contribution in [0.3, 0.4) is 0 Å². The summed E-state index contributed by atoms with van der Waals surface area (Å²) in [6, 6.07) is 5.33. The number of carbonyl (C=O) groups is 2. The van der Waals surface area contributed by atoms with Crippen molar-refractivity contribution in [3.05, 3.63) is 27.3 Å². The summed E-state index contributed by atoms with van der Waals surface area (Å²) in [7, 11) is 0. The van der Waals surface area contributed by atoms with Crippen molar-refractivity contribution >= 4 is 40.1 Å². The summed E-state index contributed by atoms with van der Waals surface area (Å²) in [6.07, 6.45) is 0.358. The molecule has 4 nitrogen and oxygen atoms in total. The molecule has 0 bridgehead atoms. The van der Waals surface area contributed by atoms with Gasteiger partial charge in [-0.15, -0.1) is 0 Å². The van der Waals surface area contributed by atoms with E-state index < -0.39 is 6.04 Å². The van der Waals surface area contributed by atoms with Gasteiger partial charge in [0.05, 0.1) is 5.69 Å². The van der Waals surface area contributed by atoms with Crippen molar-refractivity contribution in [2.75, 3.05) is 4.90 Å². The second-order valence-electron chi connectivity index (χ2n) is 6.49. The van der Waals surface area contributed by atoms with Crippen molar-refractivity contribution in [2.45, 2.75) is 59.5 Å². The quantitative estimate of drug-likeness (QED) is 0.762. The van der Waals surface area contributed by atoms with Crippen molar-refractivity contribution in [3.63, 3.8) is 0 Å². The second-order valence-corrected chi connectivity index (χ2v) is 7.65. The van der Waals surface area contributed by atoms with Gasteiger partial charge in [-0.25, -0.2) is 0 Å². The summed E-state index contributed by atoms with van der Waals surface area (Å²) in [6.45, 7) is 11.4. The molecule has 0 aliphatic carbocycles. The third-order valence-corrected chi connectivity index (χ3v) is 4.06. The van der Waals surface area contributed by atoms with E-state index in [0.717, 1.165) is 14.8 Å². The Kier molecular flexibility index (Phi) is 6.40. The van der Waals surface area contributed by atoms with E-state index in [9.17, 15) is 9.59 Å². The van der Waals surface area contributed by atoms with Crippen LogP contribution in [0.5, 0.6) is 0 Å². The van der Waals surface area contributed by atoms with Crippen LogP contribution in [0.25, 0.3) is 0 Å². The Hall–Kier alpha value is -1.11. The summed E-state index contributed by atoms with van der Waals surface area (Å²) < 4.78 is 0.967. The van der Waals surface area contributed by atoms with Crippen molar-refractivity contribution in [1.29, 1.82) is 0 Å². The molecule has 2 amide bonds. The normalized spacial score (nSPS) is 12.7. The van der Waals surface area contributed by atoms with Crippen LogP contribution in [0.15, 0.2) is 18.2 Å². The van der Waals surface area contributed by atoms with Crippen LogP contribution in [0.1, 0.15) is 46.6 Å². The number of carbonyl (C=O) groups excluding carboxylic acids is 2. The number of hydrogen-bond donors (Lipinski definition) is 1. The smallest absolute Gasteiger partial charge is 0.243 e. The molecule has 0 aromatic heterocycles. The molecule has 0 radical (unpaired) electrons. The van der Waals surface area contributed by atoms with Gasteiger partial charge in [0.2, 0.25) is 11.8 Å². The predicted octanol–water partition coefficient (Wildman–Crippen LogP) is 3.65. The average molecular weight is 416 g/mol. The topological polar surface area (TPSA) is 49.4 Å². The Balaban J connectivity index is 3.18. The van der Waals surface area contributed by atoms with Crippen LogP contribution in [0, 0.1) is 10.5 Å². The van der Waals surface area contributed by atoms with Gasteiger partial charge in [-0.2, -0.15) is 0 Å². The molecular formula is C17H25IN2O2. The van der Waals surface area contributed by atoms with Gasteiger partial charge in [0.15, 0.2) is 0 Å². The zero-order valence-electron chi connectivity index (χ0n) is 14.2. The van der Waals surface area contributed by atoms with Crippen LogP contribution in [-0.4, -0.2) is 23.4 Å². The van der Waals surface area contributed by atoms with E-state index in [1.54, 1.807) is 11.8 Å². The molecule has 5 heteroatoms. The lowest BCUT2D eigenvalue weighted by atomic mass is 10.1. The molecule has 0 aliphatic heterocycles. The van der Waals surface area contributed by atoms with E-state index in [4.69, 9.17) is 0 Å². The standard InChI is InChI=1S/C17H25IN2O2/c1-7-15(21)20(12(3)16(22)19-17(4,5)6)14-9-8-11(2)10-13(14)18/h8-10,12H,7H2,1-6H3,(H,19,22). The first-order valence-electron chi connectivity index (χ1n) is 7.47. The molecule has 1 aromatic carbocycles. The van der Waals surface area contributed by atoms with Crippen LogP contribution in [-0.2, 0) is 9.59 Å². The number of anilines is 1. The molecular weight excluding hydrogens is 391 g/mol. The number of hydrogen-bond acceptors (Lipinski definition) is 2. The fourth-order valence-electron chi connectivity index (χ4n) is 2.13. The van der Waals surface area contributed by atoms with Crippen LogP contribution >= 0.6 is 22.6 Å². The molecule has 0 saturated carbocycles. The number of rotatable bonds is 4. The summed E-state index contributed by atoms with van der Waals surface area (Å²) in [5.41, 5.74) is 1.59. The Morgan fingerprint density at radius 1 is 1.32 bits per heavy atom. The Morgan fingerprint density at radius 3 is 2.36 bits per heavy atom. The molecule has 1 atom stereocenters. The van der Waals surface area contributed by atoms with Crippen LogP contribution < -0.4 is 10.2 Å². The molecule has 22 heavy (non-hydrogen) atoms. The van der Waals surface area contributed by atoms with E-state index in [0.29, 0.717) is 6.42 Å². The third-order valence-electron chi connectivity index (χ3n) is 3.20. The Labute approximate surface area is 146 Å². The molecule has 1 rings (SSSR count). The molecule has 0 fully saturated rings.